The Bertz CT molecular complexity index is 712. The lowest BCUT2D eigenvalue weighted by Crippen LogP contribution is -2.22. The van der Waals surface area contributed by atoms with Crippen LogP contribution in [0.25, 0.3) is 0 Å². The van der Waals surface area contributed by atoms with Crippen molar-refractivity contribution in [2.45, 2.75) is 20.4 Å². The van der Waals surface area contributed by atoms with Crippen LogP contribution in [-0.2, 0) is 6.54 Å². The summed E-state index contributed by atoms with van der Waals surface area (Å²) in [7, 11) is 2.97. The van der Waals surface area contributed by atoms with Crippen LogP contribution in [0.2, 0.25) is 0 Å². The summed E-state index contributed by atoms with van der Waals surface area (Å²) in [5, 5.41) is 13.0. The van der Waals surface area contributed by atoms with Crippen molar-refractivity contribution >= 4 is 11.6 Å². The van der Waals surface area contributed by atoms with Crippen LogP contribution in [0.1, 0.15) is 16.7 Å². The number of hydrogen-bond donors (Lipinski definition) is 3. The molecule has 0 aliphatic carbocycles. The molecule has 4 N–H and O–H groups in total. The van der Waals surface area contributed by atoms with E-state index >= 15 is 0 Å². The number of nitrogens with zero attached hydrogens (tertiary/aromatic N) is 1. The number of phenols is 1. The first-order chi connectivity index (χ1) is 11.4. The summed E-state index contributed by atoms with van der Waals surface area (Å²) in [6.45, 7) is 4.39. The number of methoxy groups -OCH3 is 2. The van der Waals surface area contributed by atoms with Gasteiger partial charge >= 0.3 is 0 Å². The van der Waals surface area contributed by atoms with Crippen LogP contribution in [0.4, 0.5) is 5.69 Å². The van der Waals surface area contributed by atoms with Crippen LogP contribution in [-0.4, -0.2) is 25.3 Å². The molecule has 6 nitrogen and oxygen atoms in total. The number of aliphatic imine (C=N–C) groups is 1. The molecule has 0 unspecified atom stereocenters. The lowest BCUT2D eigenvalue weighted by Gasteiger charge is -2.11. The average molecular weight is 329 g/mol. The van der Waals surface area contributed by atoms with Crippen LogP contribution >= 0.6 is 0 Å². The number of benzene rings is 2. The van der Waals surface area contributed by atoms with E-state index in [2.05, 4.69) is 16.4 Å². The maximum atomic E-state index is 9.91. The molecule has 0 saturated carbocycles. The van der Waals surface area contributed by atoms with Gasteiger partial charge in [-0.3, -0.25) is 0 Å². The quantitative estimate of drug-likeness (QED) is 0.580. The molecule has 0 aromatic heterocycles. The first-order valence-corrected chi connectivity index (χ1v) is 7.52. The standard InChI is InChI=1S/C18H23N3O3/c1-11-5-12(2)7-14(6-11)21-18(19)20-10-13-8-15(23-3)17(22)16(9-13)24-4/h5-9,22H,10H2,1-4H3,(H3,19,20,21). The van der Waals surface area contributed by atoms with Crippen LogP contribution in [0.3, 0.4) is 0 Å². The van der Waals surface area contributed by atoms with Crippen LogP contribution in [0, 0.1) is 13.8 Å². The van der Waals surface area contributed by atoms with Crippen molar-refractivity contribution in [1.29, 1.82) is 0 Å². The Morgan fingerprint density at radius 2 is 1.58 bits per heavy atom. The molecule has 0 bridgehead atoms. The zero-order chi connectivity index (χ0) is 17.7. The third kappa shape index (κ3) is 4.32. The molecule has 0 radical (unpaired) electrons. The van der Waals surface area contributed by atoms with E-state index in [1.54, 1.807) is 12.1 Å². The Morgan fingerprint density at radius 3 is 2.08 bits per heavy atom. The summed E-state index contributed by atoms with van der Waals surface area (Å²) in [4.78, 5) is 4.32. The molecule has 0 amide bonds. The Balaban J connectivity index is 2.14. The fourth-order valence-electron chi connectivity index (χ4n) is 2.45. The van der Waals surface area contributed by atoms with Crippen LogP contribution in [0.15, 0.2) is 35.3 Å². The molecule has 0 atom stereocenters. The van der Waals surface area contributed by atoms with Crippen molar-refractivity contribution in [3.63, 3.8) is 0 Å². The monoisotopic (exact) mass is 329 g/mol. The number of nitrogens with one attached hydrogen (secondary N) is 1. The van der Waals surface area contributed by atoms with E-state index in [1.807, 2.05) is 26.0 Å². The maximum Gasteiger partial charge on any atom is 0.200 e. The molecule has 0 fully saturated rings. The molecule has 0 saturated heterocycles. The number of anilines is 1. The second kappa shape index (κ2) is 7.59. The molecule has 0 spiro atoms. The number of nitrogens with two attached hydrogens (primary N) is 1. The summed E-state index contributed by atoms with van der Waals surface area (Å²) in [6, 6.07) is 9.49. The van der Waals surface area contributed by atoms with Crippen molar-refractivity contribution in [3.05, 3.63) is 47.0 Å². The summed E-state index contributed by atoms with van der Waals surface area (Å²) in [5.74, 6) is 0.945. The van der Waals surface area contributed by atoms with Crippen molar-refractivity contribution < 1.29 is 14.6 Å². The fourth-order valence-corrected chi connectivity index (χ4v) is 2.45. The Hall–Kier alpha value is -2.89. The first-order valence-electron chi connectivity index (χ1n) is 7.52. The van der Waals surface area contributed by atoms with Crippen molar-refractivity contribution in [2.24, 2.45) is 10.7 Å². The van der Waals surface area contributed by atoms with Gasteiger partial charge in [-0.1, -0.05) is 6.07 Å². The summed E-state index contributed by atoms with van der Waals surface area (Å²) in [5.41, 5.74) is 9.96. The zero-order valence-corrected chi connectivity index (χ0v) is 14.4. The highest BCUT2D eigenvalue weighted by Crippen LogP contribution is 2.37. The van der Waals surface area contributed by atoms with Gasteiger partial charge in [-0.25, -0.2) is 4.99 Å². The zero-order valence-electron chi connectivity index (χ0n) is 14.4. The predicted octanol–water partition coefficient (Wildman–Crippen LogP) is 2.95. The molecule has 2 rings (SSSR count). The summed E-state index contributed by atoms with van der Waals surface area (Å²) < 4.78 is 10.3. The smallest absolute Gasteiger partial charge is 0.200 e. The van der Waals surface area contributed by atoms with E-state index in [0.717, 1.165) is 22.4 Å². The molecule has 2 aromatic rings. The summed E-state index contributed by atoms with van der Waals surface area (Å²) in [6.07, 6.45) is 0. The highest BCUT2D eigenvalue weighted by atomic mass is 16.5. The number of guanidine groups is 1. The Morgan fingerprint density at radius 1 is 1.04 bits per heavy atom. The van der Waals surface area contributed by atoms with Crippen molar-refractivity contribution in [1.82, 2.24) is 0 Å². The van der Waals surface area contributed by atoms with Gasteiger partial charge in [-0.15, -0.1) is 0 Å². The molecule has 0 heterocycles. The minimum Gasteiger partial charge on any atom is -0.502 e. The minimum atomic E-state index is -0.0333. The van der Waals surface area contributed by atoms with Gasteiger partial charge in [0, 0.05) is 5.69 Å². The molecule has 2 aromatic carbocycles. The van der Waals surface area contributed by atoms with E-state index in [1.165, 1.54) is 14.2 Å². The number of ether oxygens (including phenoxy) is 2. The summed E-state index contributed by atoms with van der Waals surface area (Å²) >= 11 is 0. The Kier molecular flexibility index (Phi) is 5.52. The van der Waals surface area contributed by atoms with E-state index < -0.39 is 0 Å². The fraction of sp³-hybridized carbons (Fsp3) is 0.278. The third-order valence-electron chi connectivity index (χ3n) is 3.47. The minimum absolute atomic E-state index is 0.0333. The average Bonchev–Trinajstić information content (AvgIpc) is 2.52. The molecular weight excluding hydrogens is 306 g/mol. The molecule has 0 aliphatic heterocycles. The van der Waals surface area contributed by atoms with E-state index in [4.69, 9.17) is 15.2 Å². The Labute approximate surface area is 141 Å². The highest BCUT2D eigenvalue weighted by molar-refractivity contribution is 5.92. The lowest BCUT2D eigenvalue weighted by molar-refractivity contribution is 0.339. The SMILES string of the molecule is COc1cc(CN=C(N)Nc2cc(C)cc(C)c2)cc(OC)c1O. The van der Waals surface area contributed by atoms with Gasteiger partial charge in [-0.05, 0) is 54.8 Å². The van der Waals surface area contributed by atoms with Gasteiger partial charge in [-0.2, -0.15) is 0 Å². The number of rotatable bonds is 5. The molecule has 128 valence electrons. The van der Waals surface area contributed by atoms with E-state index in [0.29, 0.717) is 24.0 Å². The molecule has 24 heavy (non-hydrogen) atoms. The first kappa shape index (κ1) is 17.5. The number of aryl methyl sites for hydroxylation is 2. The molecule has 6 heteroatoms. The van der Waals surface area contributed by atoms with Gasteiger partial charge in [0.15, 0.2) is 17.5 Å². The lowest BCUT2D eigenvalue weighted by atomic mass is 10.1. The second-order valence-corrected chi connectivity index (χ2v) is 5.55. The van der Waals surface area contributed by atoms with Crippen molar-refractivity contribution in [2.75, 3.05) is 19.5 Å². The van der Waals surface area contributed by atoms with Crippen LogP contribution < -0.4 is 20.5 Å². The van der Waals surface area contributed by atoms with Gasteiger partial charge in [0.05, 0.1) is 20.8 Å². The maximum absolute atomic E-state index is 9.91. The van der Waals surface area contributed by atoms with Gasteiger partial charge in [0.2, 0.25) is 5.75 Å². The van der Waals surface area contributed by atoms with E-state index in [-0.39, 0.29) is 5.75 Å². The normalized spacial score (nSPS) is 11.2. The predicted molar refractivity (Wildman–Crippen MR) is 96.1 cm³/mol. The largest absolute Gasteiger partial charge is 0.502 e. The number of phenolic OH excluding ortho intramolecular Hbond substituents is 1. The van der Waals surface area contributed by atoms with Crippen molar-refractivity contribution in [3.8, 4) is 17.2 Å². The van der Waals surface area contributed by atoms with Gasteiger partial charge < -0.3 is 25.6 Å². The molecule has 0 aliphatic rings. The van der Waals surface area contributed by atoms with E-state index in [9.17, 15) is 5.11 Å². The van der Waals surface area contributed by atoms with Gasteiger partial charge in [0.25, 0.3) is 0 Å². The topological polar surface area (TPSA) is 89.1 Å². The molecular formula is C18H23N3O3. The second-order valence-electron chi connectivity index (χ2n) is 5.55. The van der Waals surface area contributed by atoms with Gasteiger partial charge in [0.1, 0.15) is 0 Å². The van der Waals surface area contributed by atoms with Crippen LogP contribution in [0.5, 0.6) is 17.2 Å². The third-order valence-corrected chi connectivity index (χ3v) is 3.47. The highest BCUT2D eigenvalue weighted by Gasteiger charge is 2.11. The number of hydrogen-bond acceptors (Lipinski definition) is 4. The number of aromatic hydroxyl groups is 1.